The molecule has 1 saturated heterocycles. The number of rotatable bonds is 6. The third-order valence-corrected chi connectivity index (χ3v) is 4.92. The number of nitrogens with two attached hydrogens (primary N) is 2. The van der Waals surface area contributed by atoms with Gasteiger partial charge in [-0.1, -0.05) is 0 Å². The van der Waals surface area contributed by atoms with Crippen molar-refractivity contribution in [2.24, 2.45) is 11.5 Å². The first kappa shape index (κ1) is 20.5. The van der Waals surface area contributed by atoms with E-state index in [4.69, 9.17) is 15.9 Å². The smallest absolute Gasteiger partial charge is 0.340 e. The van der Waals surface area contributed by atoms with Crippen LogP contribution in [0, 0.1) is 0 Å². The van der Waals surface area contributed by atoms with Gasteiger partial charge in [0.25, 0.3) is 0 Å². The number of anilines is 1. The molecule has 2 aromatic rings. The Morgan fingerprint density at radius 1 is 1.28 bits per heavy atom. The third-order valence-electron chi connectivity index (χ3n) is 4.92. The normalized spacial score (nSPS) is 16.2. The second kappa shape index (κ2) is 8.39. The monoisotopic (exact) mass is 404 g/mol. The molecule has 0 saturated carbocycles. The van der Waals surface area contributed by atoms with Crippen molar-refractivity contribution >= 4 is 34.4 Å². The van der Waals surface area contributed by atoms with Gasteiger partial charge in [-0.15, -0.1) is 0 Å². The Balaban J connectivity index is 1.90. The molecule has 1 aromatic heterocycles. The van der Waals surface area contributed by atoms with Crippen molar-refractivity contribution in [3.63, 3.8) is 0 Å². The molecule has 3 amide bonds. The maximum atomic E-state index is 13.6. The number of carbonyl (C=O) groups excluding carboxylic acids is 3. The molecule has 9 nitrogen and oxygen atoms in total. The van der Waals surface area contributed by atoms with E-state index < -0.39 is 30.7 Å². The van der Waals surface area contributed by atoms with E-state index in [0.717, 1.165) is 0 Å². The lowest BCUT2D eigenvalue weighted by atomic mass is 10.0. The average molecular weight is 404 g/mol. The Morgan fingerprint density at radius 2 is 2.03 bits per heavy atom. The molecule has 0 spiro atoms. The predicted molar refractivity (Wildman–Crippen MR) is 103 cm³/mol. The summed E-state index contributed by atoms with van der Waals surface area (Å²) in [7, 11) is 0. The van der Waals surface area contributed by atoms with Crippen LogP contribution < -0.4 is 22.4 Å². The number of likely N-dealkylation sites (tertiary alicyclic amines) is 1. The standard InChI is InChI=1S/C19H21FN4O5/c20-8-13-11-4-3-10(6-15(11)29-19(28)12(13)7-16(22)25)23-18(27)14-2-1-5-24(14)17(26)9-21/h3-4,6,14H,1-2,5,7-9,21H2,(H2,22,25)(H,23,27). The summed E-state index contributed by atoms with van der Waals surface area (Å²) in [5.41, 5.74) is 9.95. The zero-order valence-corrected chi connectivity index (χ0v) is 15.6. The van der Waals surface area contributed by atoms with Gasteiger partial charge in [0.1, 0.15) is 18.3 Å². The second-order valence-electron chi connectivity index (χ2n) is 6.77. The number of alkyl halides is 1. The summed E-state index contributed by atoms with van der Waals surface area (Å²) >= 11 is 0. The summed E-state index contributed by atoms with van der Waals surface area (Å²) in [6, 6.07) is 3.78. The maximum Gasteiger partial charge on any atom is 0.340 e. The summed E-state index contributed by atoms with van der Waals surface area (Å²) in [5, 5.41) is 2.99. The number of hydrogen-bond acceptors (Lipinski definition) is 6. The number of nitrogens with one attached hydrogen (secondary N) is 1. The largest absolute Gasteiger partial charge is 0.422 e. The number of nitrogens with zero attached hydrogens (tertiary/aromatic N) is 1. The third kappa shape index (κ3) is 4.11. The van der Waals surface area contributed by atoms with Crippen LogP contribution in [-0.4, -0.2) is 41.8 Å². The van der Waals surface area contributed by atoms with Crippen LogP contribution in [0.3, 0.4) is 0 Å². The minimum atomic E-state index is -0.978. The molecule has 3 rings (SSSR count). The van der Waals surface area contributed by atoms with E-state index in [-0.39, 0.29) is 35.1 Å². The van der Waals surface area contributed by atoms with Crippen LogP contribution in [0.2, 0.25) is 0 Å². The number of amides is 3. The van der Waals surface area contributed by atoms with Crippen LogP contribution in [0.15, 0.2) is 27.4 Å². The first-order chi connectivity index (χ1) is 13.8. The van der Waals surface area contributed by atoms with Gasteiger partial charge in [-0.05, 0) is 25.0 Å². The van der Waals surface area contributed by atoms with E-state index in [2.05, 4.69) is 5.32 Å². The topological polar surface area (TPSA) is 149 Å². The first-order valence-electron chi connectivity index (χ1n) is 9.09. The number of halogens is 1. The Kier molecular flexibility index (Phi) is 5.92. The van der Waals surface area contributed by atoms with Gasteiger partial charge in [-0.3, -0.25) is 14.4 Å². The lowest BCUT2D eigenvalue weighted by molar-refractivity contribution is -0.135. The van der Waals surface area contributed by atoms with E-state index in [1.807, 2.05) is 0 Å². The SMILES string of the molecule is NCC(=O)N1CCCC1C(=O)Nc1ccc2c(CF)c(CC(N)=O)c(=O)oc2c1. The van der Waals surface area contributed by atoms with Crippen LogP contribution in [0.4, 0.5) is 10.1 Å². The highest BCUT2D eigenvalue weighted by atomic mass is 19.1. The molecule has 1 fully saturated rings. The van der Waals surface area contributed by atoms with Crippen molar-refractivity contribution in [2.75, 3.05) is 18.4 Å². The molecule has 1 aliphatic rings. The fourth-order valence-corrected chi connectivity index (χ4v) is 3.57. The molecule has 154 valence electrons. The fourth-order valence-electron chi connectivity index (χ4n) is 3.57. The zero-order chi connectivity index (χ0) is 21.1. The van der Waals surface area contributed by atoms with Gasteiger partial charge in [0, 0.05) is 29.2 Å². The van der Waals surface area contributed by atoms with Crippen molar-refractivity contribution in [3.8, 4) is 0 Å². The van der Waals surface area contributed by atoms with E-state index in [1.54, 1.807) is 0 Å². The van der Waals surface area contributed by atoms with Crippen LogP contribution in [-0.2, 0) is 27.5 Å². The first-order valence-corrected chi connectivity index (χ1v) is 9.09. The molecular formula is C19H21FN4O5. The van der Waals surface area contributed by atoms with E-state index in [9.17, 15) is 23.6 Å². The van der Waals surface area contributed by atoms with Crippen LogP contribution in [0.1, 0.15) is 24.0 Å². The lowest BCUT2D eigenvalue weighted by Gasteiger charge is -2.23. The Bertz CT molecular complexity index is 1040. The van der Waals surface area contributed by atoms with Gasteiger partial charge in [-0.25, -0.2) is 9.18 Å². The van der Waals surface area contributed by atoms with Crippen molar-refractivity contribution in [3.05, 3.63) is 39.7 Å². The van der Waals surface area contributed by atoms with Crippen LogP contribution in [0.5, 0.6) is 0 Å². The molecule has 0 aliphatic carbocycles. The van der Waals surface area contributed by atoms with Gasteiger partial charge < -0.3 is 26.1 Å². The number of primary amides is 1. The molecule has 10 heteroatoms. The molecule has 5 N–H and O–H groups in total. The van der Waals surface area contributed by atoms with Gasteiger partial charge in [-0.2, -0.15) is 0 Å². The molecule has 1 unspecified atom stereocenters. The second-order valence-corrected chi connectivity index (χ2v) is 6.77. The number of fused-ring (bicyclic) bond motifs is 1. The molecule has 0 bridgehead atoms. The summed E-state index contributed by atoms with van der Waals surface area (Å²) in [6.45, 7) is -0.692. The van der Waals surface area contributed by atoms with Crippen molar-refractivity contribution in [1.82, 2.24) is 4.90 Å². The molecule has 0 radical (unpaired) electrons. The number of hydrogen-bond donors (Lipinski definition) is 3. The average Bonchev–Trinajstić information content (AvgIpc) is 3.17. The maximum absolute atomic E-state index is 13.6. The summed E-state index contributed by atoms with van der Waals surface area (Å²) < 4.78 is 18.8. The lowest BCUT2D eigenvalue weighted by Crippen LogP contribution is -2.45. The highest BCUT2D eigenvalue weighted by molar-refractivity contribution is 5.99. The Hall–Kier alpha value is -3.27. The van der Waals surface area contributed by atoms with Gasteiger partial charge in [0.05, 0.1) is 18.5 Å². The fraction of sp³-hybridized carbons (Fsp3) is 0.368. The van der Waals surface area contributed by atoms with E-state index in [1.165, 1.54) is 23.1 Å². The Labute approximate surface area is 164 Å². The summed E-state index contributed by atoms with van der Waals surface area (Å²) in [4.78, 5) is 49.2. The summed E-state index contributed by atoms with van der Waals surface area (Å²) in [6.07, 6.45) is 0.782. The van der Waals surface area contributed by atoms with Gasteiger partial charge in [0.2, 0.25) is 17.7 Å². The molecule has 1 atom stereocenters. The van der Waals surface area contributed by atoms with Crippen LogP contribution >= 0.6 is 0 Å². The van der Waals surface area contributed by atoms with Crippen molar-refractivity contribution in [2.45, 2.75) is 32.0 Å². The molecule has 2 heterocycles. The highest BCUT2D eigenvalue weighted by Crippen LogP contribution is 2.26. The molecular weight excluding hydrogens is 383 g/mol. The number of carbonyl (C=O) groups is 3. The minimum Gasteiger partial charge on any atom is -0.422 e. The predicted octanol–water partition coefficient (Wildman–Crippen LogP) is 0.179. The van der Waals surface area contributed by atoms with E-state index >= 15 is 0 Å². The number of benzene rings is 1. The van der Waals surface area contributed by atoms with Crippen molar-refractivity contribution < 1.29 is 23.2 Å². The van der Waals surface area contributed by atoms with Gasteiger partial charge in [0.15, 0.2) is 0 Å². The van der Waals surface area contributed by atoms with Crippen molar-refractivity contribution in [1.29, 1.82) is 0 Å². The summed E-state index contributed by atoms with van der Waals surface area (Å²) in [5.74, 6) is -1.47. The molecule has 1 aliphatic heterocycles. The molecule has 29 heavy (non-hydrogen) atoms. The zero-order valence-electron chi connectivity index (χ0n) is 15.6. The molecule has 1 aromatic carbocycles. The Morgan fingerprint density at radius 3 is 2.69 bits per heavy atom. The van der Waals surface area contributed by atoms with E-state index in [0.29, 0.717) is 30.5 Å². The quantitative estimate of drug-likeness (QED) is 0.585. The highest BCUT2D eigenvalue weighted by Gasteiger charge is 2.33. The van der Waals surface area contributed by atoms with Gasteiger partial charge >= 0.3 is 5.63 Å². The minimum absolute atomic E-state index is 0.0310. The van der Waals surface area contributed by atoms with Crippen LogP contribution in [0.25, 0.3) is 11.0 Å².